The van der Waals surface area contributed by atoms with Crippen molar-refractivity contribution in [3.8, 4) is 23.4 Å². The SMILES string of the molecule is C[C@@H]1CN(c2nc(-n3ccc(OCC4(C(F)(F)F)CC4)n3)ccc2C(=O)NS(=O)(=O)c2cnn(C)c2)C(C)(C)C1.C[C@@H]1CNC(C)(C)C1.Cl.Cn1cc(S(=O)(=O)NC(=O)c2ccc(-n3ccc(OCC4(C(F)(F)F)CC4)n3)nc2Cl)cn1.O=CO[O-].S.S.[H-].[K+].[K+]. The molecule has 490 valence electrons. The maximum Gasteiger partial charge on any atom is 1.00 e. The monoisotopic (exact) mass is 1440 g/mol. The largest absolute Gasteiger partial charge is 1.00 e. The molecule has 2 aliphatic carbocycles. The first kappa shape index (κ1) is 83.0. The molecule has 3 N–H and O–H groups in total. The zero-order valence-corrected chi connectivity index (χ0v) is 62.0. The number of aromatic nitrogens is 10. The van der Waals surface area contributed by atoms with Gasteiger partial charge < -0.3 is 31.3 Å². The fourth-order valence-corrected chi connectivity index (χ4v) is 11.5. The molecule has 39 heteroatoms. The number of alkyl halides is 6. The van der Waals surface area contributed by atoms with Crippen molar-refractivity contribution in [1.82, 2.24) is 63.9 Å². The van der Waals surface area contributed by atoms with Crippen molar-refractivity contribution in [1.29, 1.82) is 0 Å². The normalized spacial score (nSPS) is 17.9. The first-order valence-corrected chi connectivity index (χ1v) is 29.4. The molecule has 90 heavy (non-hydrogen) atoms. The van der Waals surface area contributed by atoms with Crippen LogP contribution >= 0.6 is 51.0 Å². The summed E-state index contributed by atoms with van der Waals surface area (Å²) in [5, 5.41) is 27.4. The van der Waals surface area contributed by atoms with E-state index < -0.39 is 73.8 Å². The Labute approximate surface area is 627 Å². The summed E-state index contributed by atoms with van der Waals surface area (Å²) in [5.74, 6) is -0.0475. The Balaban J connectivity index is 0.000000735. The number of halogens is 8. The molecular formula is C51H68Cl2F6K2N14O11S4. The van der Waals surface area contributed by atoms with Crippen LogP contribution in [-0.2, 0) is 43.8 Å². The first-order chi connectivity index (χ1) is 39.5. The van der Waals surface area contributed by atoms with E-state index >= 15 is 0 Å². The van der Waals surface area contributed by atoms with Crippen LogP contribution in [0.2, 0.25) is 5.15 Å². The van der Waals surface area contributed by atoms with E-state index in [2.05, 4.69) is 73.0 Å². The summed E-state index contributed by atoms with van der Waals surface area (Å²) in [6.07, 6.45) is 1.12. The number of nitrogens with one attached hydrogen (secondary N) is 3. The van der Waals surface area contributed by atoms with Gasteiger partial charge in [-0.15, -0.1) is 22.6 Å². The van der Waals surface area contributed by atoms with Crippen LogP contribution in [0.4, 0.5) is 32.2 Å². The van der Waals surface area contributed by atoms with Gasteiger partial charge in [-0.3, -0.25) is 23.7 Å². The molecule has 4 fully saturated rings. The van der Waals surface area contributed by atoms with E-state index in [0.29, 0.717) is 12.1 Å². The predicted octanol–water partition coefficient (Wildman–Crippen LogP) is 0.557. The molecule has 0 unspecified atom stereocenters. The second-order valence-corrected chi connectivity index (χ2v) is 26.2. The first-order valence-electron chi connectivity index (χ1n) is 26.1. The molecule has 2 saturated heterocycles. The minimum atomic E-state index is -4.34. The molecule has 10 rings (SSSR count). The summed E-state index contributed by atoms with van der Waals surface area (Å²) in [4.78, 5) is 47.2. The Bertz CT molecular complexity index is 3640. The van der Waals surface area contributed by atoms with E-state index in [1.807, 2.05) is 23.5 Å². The van der Waals surface area contributed by atoms with Gasteiger partial charge in [0.15, 0.2) is 11.6 Å². The number of sulfonamides is 2. The van der Waals surface area contributed by atoms with Crippen LogP contribution < -0.4 is 137 Å². The maximum atomic E-state index is 13.3. The average molecular weight is 1440 g/mol. The molecule has 2 amide bonds. The van der Waals surface area contributed by atoms with Gasteiger partial charge in [0.1, 0.15) is 44.8 Å². The van der Waals surface area contributed by atoms with Crippen LogP contribution in [0.5, 0.6) is 11.8 Å². The molecule has 0 spiro atoms. The van der Waals surface area contributed by atoms with Gasteiger partial charge in [-0.05, 0) is 109 Å². The number of hydrogen-bond acceptors (Lipinski definition) is 19. The summed E-state index contributed by atoms with van der Waals surface area (Å²) < 4.78 is 149. The van der Waals surface area contributed by atoms with Crippen LogP contribution in [0, 0.1) is 22.7 Å². The number of nitrogens with zero attached hydrogens (tertiary/aromatic N) is 11. The molecule has 0 radical (unpaired) electrons. The quantitative estimate of drug-likeness (QED) is 0.0298. The average Bonchev–Trinajstić information content (AvgIpc) is 1.68. The topological polar surface area (TPSA) is 307 Å². The third kappa shape index (κ3) is 21.2. The van der Waals surface area contributed by atoms with E-state index in [1.54, 1.807) is 7.05 Å². The zero-order chi connectivity index (χ0) is 62.7. The van der Waals surface area contributed by atoms with Crippen molar-refractivity contribution in [3.05, 3.63) is 89.9 Å². The van der Waals surface area contributed by atoms with Gasteiger partial charge >= 0.3 is 115 Å². The minimum absolute atomic E-state index is 0. The molecule has 0 aromatic carbocycles. The molecular weight excluding hydrogens is 1380 g/mol. The van der Waals surface area contributed by atoms with Crippen molar-refractivity contribution >= 4 is 95.2 Å². The standard InChI is InChI=1S/C25H30F3N7O4S.C18H16ClF3N6O4S.C7H15N.CH2O3.ClH.2K.2H2S.H/c1-16-11-23(2,3)34(13-16)21-18(22(36)32-40(37,38)17-12-29-33(4)14-17)5-6-19(30-21)35-10-7-20(31-35)39-15-24(8-9-24)25(26,27)28;1-27-9-11(8-23-27)33(30,31)26-16(29)12-2-3-13(24-15(12)19)28-7-4-14(25-28)32-10-17(5-6-17)18(20,21)22;1-6-4-7(2,3)8-5-6;2-1-4-3;;;;;;/h5-7,10,12,14,16H,8-9,11,13,15H2,1-4H3,(H,32,36);2-4,7-9H,5-6,10H2,1H3,(H,26,29);6,8H,4-5H2,1-3H3;1,3H;1H;;;2*1H2;/q;;;;;2*+1;;;-1/p-1/t16-;;6-;;;;;;;/m0.0......./s1. The number of rotatable bonds is 16. The van der Waals surface area contributed by atoms with E-state index in [1.165, 1.54) is 99.9 Å². The second-order valence-electron chi connectivity index (χ2n) is 22.4. The van der Waals surface area contributed by atoms with Crippen molar-refractivity contribution in [2.24, 2.45) is 36.8 Å². The molecule has 2 aliphatic heterocycles. The smallest absolute Gasteiger partial charge is 1.00 e. The van der Waals surface area contributed by atoms with E-state index in [4.69, 9.17) is 31.1 Å². The predicted molar refractivity (Wildman–Crippen MR) is 317 cm³/mol. The Morgan fingerprint density at radius 1 is 0.733 bits per heavy atom. The Morgan fingerprint density at radius 3 is 1.48 bits per heavy atom. The van der Waals surface area contributed by atoms with Crippen LogP contribution in [0.15, 0.2) is 83.4 Å². The number of anilines is 1. The van der Waals surface area contributed by atoms with Gasteiger partial charge in [0.25, 0.3) is 38.3 Å². The molecule has 0 bridgehead atoms. The van der Waals surface area contributed by atoms with Crippen LogP contribution in [0.3, 0.4) is 0 Å². The summed E-state index contributed by atoms with van der Waals surface area (Å²) in [6.45, 7) is 13.4. The fraction of sp³-hybridized carbons (Fsp3) is 0.510. The number of carbonyl (C=O) groups is 3. The van der Waals surface area contributed by atoms with Gasteiger partial charge in [-0.2, -0.15) is 63.5 Å². The maximum absolute atomic E-state index is 13.3. The van der Waals surface area contributed by atoms with Gasteiger partial charge in [0.05, 0.1) is 23.5 Å². The fourth-order valence-electron chi connectivity index (χ4n) is 9.41. The number of hydrogen-bond donors (Lipinski definition) is 3. The number of pyridine rings is 2. The third-order valence-corrected chi connectivity index (χ3v) is 17.1. The molecule has 4 aliphatic rings. The molecule has 8 heterocycles. The number of carbonyl (C=O) groups excluding carboxylic acids is 3. The molecule has 2 saturated carbocycles. The number of aryl methyl sites for hydroxylation is 2. The third-order valence-electron chi connectivity index (χ3n) is 14.3. The molecule has 25 nitrogen and oxygen atoms in total. The van der Waals surface area contributed by atoms with Gasteiger partial charge in [-0.25, -0.2) is 45.6 Å². The van der Waals surface area contributed by atoms with Crippen molar-refractivity contribution in [2.75, 3.05) is 31.2 Å². The summed E-state index contributed by atoms with van der Waals surface area (Å²) >= 11 is 6.06. The number of amides is 2. The molecule has 2 atom stereocenters. The molecule has 6 aromatic heterocycles. The Kier molecular flexibility index (Phi) is 30.5. The molecule has 6 aromatic rings. The summed E-state index contributed by atoms with van der Waals surface area (Å²) in [6, 6.07) is 8.32. The van der Waals surface area contributed by atoms with Crippen molar-refractivity contribution < 1.29 is 181 Å². The second kappa shape index (κ2) is 33.0. The van der Waals surface area contributed by atoms with E-state index in [-0.39, 0.29) is 237 Å². The van der Waals surface area contributed by atoms with Gasteiger partial charge in [0.2, 0.25) is 11.8 Å². The van der Waals surface area contributed by atoms with Crippen LogP contribution in [0.1, 0.15) is 102 Å². The van der Waals surface area contributed by atoms with Crippen molar-refractivity contribution in [3.63, 3.8) is 0 Å². The Hall–Kier alpha value is -3.10. The van der Waals surface area contributed by atoms with Gasteiger partial charge in [-0.1, -0.05) is 25.4 Å². The zero-order valence-electron chi connectivity index (χ0n) is 51.5. The summed E-state index contributed by atoms with van der Waals surface area (Å²) in [7, 11) is -5.28. The van der Waals surface area contributed by atoms with Gasteiger partial charge in [0, 0.05) is 68.6 Å². The minimum Gasteiger partial charge on any atom is -1.00 e. The van der Waals surface area contributed by atoms with Crippen LogP contribution in [0.25, 0.3) is 11.6 Å². The van der Waals surface area contributed by atoms with Crippen molar-refractivity contribution in [2.45, 2.75) is 113 Å². The summed E-state index contributed by atoms with van der Waals surface area (Å²) in [5.41, 5.74) is -3.80. The number of ether oxygens (including phenoxy) is 2. The van der Waals surface area contributed by atoms with Crippen LogP contribution in [-0.4, -0.2) is 134 Å². The Morgan fingerprint density at radius 2 is 1.16 bits per heavy atom. The van der Waals surface area contributed by atoms with E-state index in [0.717, 1.165) is 24.7 Å². The van der Waals surface area contributed by atoms with E-state index in [9.17, 15) is 52.8 Å².